The fourth-order valence-corrected chi connectivity index (χ4v) is 10.5. The first-order chi connectivity index (χ1) is 26.3. The molecule has 3 aromatic carbocycles. The van der Waals surface area contributed by atoms with Gasteiger partial charge in [-0.15, -0.1) is 6.42 Å². The molecule has 0 radical (unpaired) electrons. The smallest absolute Gasteiger partial charge is 0.319 e. The maximum Gasteiger partial charge on any atom is 0.319 e. The number of hydrogen-bond acceptors (Lipinski definition) is 10. The maximum atomic E-state index is 17.8. The van der Waals surface area contributed by atoms with E-state index in [0.717, 1.165) is 32.2 Å². The van der Waals surface area contributed by atoms with E-state index in [4.69, 9.17) is 26.2 Å². The summed E-state index contributed by atoms with van der Waals surface area (Å²) >= 11 is 0. The van der Waals surface area contributed by atoms with Gasteiger partial charge in [-0.25, -0.2) is 21.6 Å². The van der Waals surface area contributed by atoms with Gasteiger partial charge in [-0.2, -0.15) is 15.1 Å². The van der Waals surface area contributed by atoms with Crippen molar-refractivity contribution in [3.8, 4) is 35.2 Å². The largest absolute Gasteiger partial charge is 0.508 e. The zero-order valence-electron chi connectivity index (χ0n) is 30.7. The molecule has 11 nitrogen and oxygen atoms in total. The van der Waals surface area contributed by atoms with Crippen molar-refractivity contribution in [2.24, 2.45) is 7.05 Å². The van der Waals surface area contributed by atoms with Crippen molar-refractivity contribution >= 4 is 48.2 Å². The average Bonchev–Trinajstić information content (AvgIpc) is 3.85. The van der Waals surface area contributed by atoms with Gasteiger partial charge in [-0.1, -0.05) is 12.0 Å². The standard InChI is InChI=1S/C40H42F3N7O4S/c1-4-28-31(42)10-7-23-15-27(51)16-29(32(23)28)33-35(43)37-34(30-21-47(2)46-36(30)33)38(45-39(44-37)54-22-40-11-5-13-49(40)18-24(41)17-40)50-25-8-9-26(50)20-48(19-25)12-6-14-55(3,52)53/h1,7,10,15-16,21,24-26,51H,5-6,8-9,11-14,17-20,22H2,2-3H3/t24-,25?,26?,40+/m1/s1. The number of benzene rings is 3. The number of phenols is 1. The molecule has 4 aliphatic heterocycles. The summed E-state index contributed by atoms with van der Waals surface area (Å²) in [4.78, 5) is 16.5. The summed E-state index contributed by atoms with van der Waals surface area (Å²) in [5, 5.41) is 17.3. The SMILES string of the molecule is C#Cc1c(F)ccc2cc(O)cc(-c3c(F)c4nc(OC[C@@]56CCCN5C[C@H](F)C6)nc(N5C6CCC5CN(CCCS(C)(=O)=O)C6)c4c4cn(C)nc34)c12. The Kier molecular flexibility index (Phi) is 8.67. The van der Waals surface area contributed by atoms with Crippen LogP contribution in [0, 0.1) is 24.0 Å². The lowest BCUT2D eigenvalue weighted by Crippen LogP contribution is -2.54. The zero-order chi connectivity index (χ0) is 38.4. The predicted octanol–water partition coefficient (Wildman–Crippen LogP) is 5.34. The van der Waals surface area contributed by atoms with E-state index in [2.05, 4.69) is 20.6 Å². The van der Waals surface area contributed by atoms with E-state index in [0.29, 0.717) is 61.0 Å². The van der Waals surface area contributed by atoms with Crippen molar-refractivity contribution in [3.05, 3.63) is 47.7 Å². The molecule has 0 aliphatic carbocycles. The average molecular weight is 774 g/mol. The van der Waals surface area contributed by atoms with Crippen molar-refractivity contribution in [2.45, 2.75) is 62.3 Å². The molecule has 0 amide bonds. The summed E-state index contributed by atoms with van der Waals surface area (Å²) in [6.07, 6.45) is 12.2. The molecule has 6 heterocycles. The highest BCUT2D eigenvalue weighted by Gasteiger charge is 2.50. The number of halogens is 3. The molecule has 4 aliphatic rings. The van der Waals surface area contributed by atoms with Crippen molar-refractivity contribution in [1.82, 2.24) is 29.5 Å². The number of aromatic nitrogens is 4. The van der Waals surface area contributed by atoms with Gasteiger partial charge in [0.25, 0.3) is 0 Å². The van der Waals surface area contributed by atoms with Gasteiger partial charge < -0.3 is 14.7 Å². The molecule has 4 atom stereocenters. The fraction of sp³-hybridized carbons (Fsp3) is 0.475. The van der Waals surface area contributed by atoms with Gasteiger partial charge in [0, 0.05) is 74.0 Å². The number of nitrogens with zero attached hydrogens (tertiary/aromatic N) is 7. The van der Waals surface area contributed by atoms with Gasteiger partial charge in [0.2, 0.25) is 0 Å². The van der Waals surface area contributed by atoms with Gasteiger partial charge in [-0.3, -0.25) is 14.5 Å². The number of alkyl halides is 1. The first-order valence-electron chi connectivity index (χ1n) is 18.8. The minimum absolute atomic E-state index is 0.000357. The summed E-state index contributed by atoms with van der Waals surface area (Å²) in [5.41, 5.74) is -0.179. The number of ether oxygens (including phenoxy) is 1. The zero-order valence-corrected chi connectivity index (χ0v) is 31.5. The van der Waals surface area contributed by atoms with Gasteiger partial charge in [-0.05, 0) is 74.3 Å². The summed E-state index contributed by atoms with van der Waals surface area (Å²) in [7, 11) is -1.36. The minimum Gasteiger partial charge on any atom is -0.508 e. The molecular formula is C40H42F3N7O4S. The molecule has 2 unspecified atom stereocenters. The fourth-order valence-electron chi connectivity index (χ4n) is 9.89. The predicted molar refractivity (Wildman–Crippen MR) is 205 cm³/mol. The number of sulfone groups is 1. The third-order valence-electron chi connectivity index (χ3n) is 12.1. The minimum atomic E-state index is -3.08. The number of anilines is 1. The molecule has 2 aromatic heterocycles. The number of piperazine rings is 1. The van der Waals surface area contributed by atoms with Crippen LogP contribution in [0.4, 0.5) is 19.0 Å². The molecule has 0 spiro atoms. The first-order valence-corrected chi connectivity index (χ1v) is 20.9. The van der Waals surface area contributed by atoms with E-state index >= 15 is 8.78 Å². The number of hydrogen-bond donors (Lipinski definition) is 1. The maximum absolute atomic E-state index is 17.8. The number of aryl methyl sites for hydroxylation is 1. The molecule has 5 aromatic rings. The third-order valence-corrected chi connectivity index (χ3v) is 13.2. The van der Waals surface area contributed by atoms with Crippen molar-refractivity contribution in [1.29, 1.82) is 0 Å². The molecule has 55 heavy (non-hydrogen) atoms. The topological polar surface area (TPSA) is 117 Å². The van der Waals surface area contributed by atoms with Crippen LogP contribution in [0.2, 0.25) is 0 Å². The van der Waals surface area contributed by atoms with E-state index in [9.17, 15) is 17.9 Å². The van der Waals surface area contributed by atoms with E-state index in [1.165, 1.54) is 30.5 Å². The molecule has 0 saturated carbocycles. The highest BCUT2D eigenvalue weighted by atomic mass is 32.2. The Morgan fingerprint density at radius 2 is 1.87 bits per heavy atom. The lowest BCUT2D eigenvalue weighted by atomic mass is 9.91. The highest BCUT2D eigenvalue weighted by Crippen LogP contribution is 2.47. The van der Waals surface area contributed by atoms with Gasteiger partial charge in [0.15, 0.2) is 5.82 Å². The lowest BCUT2D eigenvalue weighted by molar-refractivity contribution is 0.107. The van der Waals surface area contributed by atoms with Crippen LogP contribution in [0.5, 0.6) is 11.8 Å². The van der Waals surface area contributed by atoms with E-state index in [1.807, 2.05) is 0 Å². The Morgan fingerprint density at radius 3 is 2.62 bits per heavy atom. The van der Waals surface area contributed by atoms with Crippen LogP contribution in [0.25, 0.3) is 43.7 Å². The van der Waals surface area contributed by atoms with Gasteiger partial charge in [0.1, 0.15) is 51.0 Å². The summed E-state index contributed by atoms with van der Waals surface area (Å²) in [6.45, 7) is 3.25. The van der Waals surface area contributed by atoms with Crippen molar-refractivity contribution < 1.29 is 31.4 Å². The number of fused-ring (bicyclic) bond motifs is 7. The summed E-state index contributed by atoms with van der Waals surface area (Å²) in [6, 6.07) is 5.49. The third kappa shape index (κ3) is 6.13. The quantitative estimate of drug-likeness (QED) is 0.197. The molecule has 1 N–H and O–H groups in total. The molecule has 4 fully saturated rings. The monoisotopic (exact) mass is 773 g/mol. The second kappa shape index (κ2) is 13.2. The Hall–Kier alpha value is -4.65. The highest BCUT2D eigenvalue weighted by molar-refractivity contribution is 7.90. The van der Waals surface area contributed by atoms with Crippen LogP contribution in [-0.2, 0) is 16.9 Å². The number of likely N-dealkylation sites (tertiary alicyclic amines) is 1. The van der Waals surface area contributed by atoms with E-state index in [1.54, 1.807) is 17.9 Å². The Bertz CT molecular complexity index is 2530. The summed E-state index contributed by atoms with van der Waals surface area (Å²) < 4.78 is 79.4. The van der Waals surface area contributed by atoms with Gasteiger partial charge >= 0.3 is 6.01 Å². The van der Waals surface area contributed by atoms with Crippen LogP contribution < -0.4 is 9.64 Å². The Balaban J connectivity index is 1.23. The second-order valence-electron chi connectivity index (χ2n) is 15.9. The molecule has 4 saturated heterocycles. The first kappa shape index (κ1) is 36.0. The number of rotatable bonds is 9. The van der Waals surface area contributed by atoms with Gasteiger partial charge in [0.05, 0.1) is 22.2 Å². The van der Waals surface area contributed by atoms with E-state index in [-0.39, 0.29) is 69.3 Å². The van der Waals surface area contributed by atoms with Crippen molar-refractivity contribution in [2.75, 3.05) is 56.2 Å². The normalized spacial score (nSPS) is 24.4. The molecule has 2 bridgehead atoms. The second-order valence-corrected chi connectivity index (χ2v) is 18.1. The van der Waals surface area contributed by atoms with Crippen LogP contribution in [-0.4, -0.2) is 118 Å². The molecule has 9 rings (SSSR count). The summed E-state index contributed by atoms with van der Waals surface area (Å²) in [5.74, 6) is 1.46. The Morgan fingerprint density at radius 1 is 1.09 bits per heavy atom. The van der Waals surface area contributed by atoms with Crippen LogP contribution in [0.3, 0.4) is 0 Å². The van der Waals surface area contributed by atoms with E-state index < -0.39 is 33.2 Å². The number of terminal acetylenes is 1. The van der Waals surface area contributed by atoms with Crippen LogP contribution >= 0.6 is 0 Å². The van der Waals surface area contributed by atoms with Crippen molar-refractivity contribution in [3.63, 3.8) is 0 Å². The Labute approximate surface area is 317 Å². The molecule has 15 heteroatoms. The van der Waals surface area contributed by atoms with Crippen LogP contribution in [0.1, 0.15) is 44.1 Å². The molecular weight excluding hydrogens is 732 g/mol. The number of aromatic hydroxyl groups is 1. The molecule has 288 valence electrons. The van der Waals surface area contributed by atoms with Crippen LogP contribution in [0.15, 0.2) is 30.5 Å². The number of phenolic OH excluding ortho intramolecular Hbond substituents is 1. The lowest BCUT2D eigenvalue weighted by Gasteiger charge is -2.42.